The van der Waals surface area contributed by atoms with Crippen molar-refractivity contribution in [3.05, 3.63) is 34.9 Å². The first kappa shape index (κ1) is 8.24. The lowest BCUT2D eigenvalue weighted by Gasteiger charge is -1.99. The fourth-order valence-corrected chi connectivity index (χ4v) is 0.984. The van der Waals surface area contributed by atoms with Gasteiger partial charge in [-0.15, -0.1) is 0 Å². The van der Waals surface area contributed by atoms with Gasteiger partial charge in [0.15, 0.2) is 0 Å². The second-order valence-electron chi connectivity index (χ2n) is 2.19. The molecule has 0 fully saturated rings. The summed E-state index contributed by atoms with van der Waals surface area (Å²) in [5.41, 5.74) is 6.49. The number of rotatable bonds is 2. The first-order valence-corrected chi connectivity index (χ1v) is 3.65. The van der Waals surface area contributed by atoms with Gasteiger partial charge in [0.05, 0.1) is 5.71 Å². The second kappa shape index (κ2) is 3.51. The van der Waals surface area contributed by atoms with Gasteiger partial charge in [-0.05, 0) is 17.7 Å². The van der Waals surface area contributed by atoms with E-state index in [9.17, 15) is 0 Å². The molecular formula is C8H9ClN2. The SMILES string of the molecule is N=C(CN)c1cccc(Cl)c1. The Morgan fingerprint density at radius 2 is 2.27 bits per heavy atom. The summed E-state index contributed by atoms with van der Waals surface area (Å²) in [4.78, 5) is 0. The van der Waals surface area contributed by atoms with E-state index in [1.54, 1.807) is 12.1 Å². The Morgan fingerprint density at radius 1 is 1.55 bits per heavy atom. The molecule has 0 aliphatic heterocycles. The molecular weight excluding hydrogens is 160 g/mol. The number of benzene rings is 1. The van der Waals surface area contributed by atoms with Gasteiger partial charge >= 0.3 is 0 Å². The van der Waals surface area contributed by atoms with E-state index in [0.717, 1.165) is 5.56 Å². The molecule has 0 radical (unpaired) electrons. The second-order valence-corrected chi connectivity index (χ2v) is 2.63. The van der Waals surface area contributed by atoms with Crippen molar-refractivity contribution in [2.75, 3.05) is 6.54 Å². The Balaban J connectivity index is 2.96. The maximum atomic E-state index is 7.39. The summed E-state index contributed by atoms with van der Waals surface area (Å²) in [7, 11) is 0. The highest BCUT2D eigenvalue weighted by Gasteiger charge is 1.97. The molecule has 0 aliphatic rings. The van der Waals surface area contributed by atoms with Crippen molar-refractivity contribution in [1.82, 2.24) is 0 Å². The third-order valence-corrected chi connectivity index (χ3v) is 1.61. The minimum Gasteiger partial charge on any atom is -0.325 e. The fraction of sp³-hybridized carbons (Fsp3) is 0.125. The van der Waals surface area contributed by atoms with Crippen molar-refractivity contribution in [2.24, 2.45) is 5.73 Å². The highest BCUT2D eigenvalue weighted by Crippen LogP contribution is 2.10. The zero-order valence-corrected chi connectivity index (χ0v) is 6.73. The minimum atomic E-state index is 0.250. The van der Waals surface area contributed by atoms with E-state index < -0.39 is 0 Å². The van der Waals surface area contributed by atoms with E-state index in [1.165, 1.54) is 0 Å². The molecule has 0 saturated heterocycles. The summed E-state index contributed by atoms with van der Waals surface area (Å²) < 4.78 is 0. The van der Waals surface area contributed by atoms with Crippen LogP contribution in [-0.4, -0.2) is 12.3 Å². The van der Waals surface area contributed by atoms with Crippen LogP contribution in [0.5, 0.6) is 0 Å². The Labute approximate surface area is 70.5 Å². The molecule has 0 aromatic heterocycles. The summed E-state index contributed by atoms with van der Waals surface area (Å²) in [6.07, 6.45) is 0. The normalized spacial score (nSPS) is 9.64. The highest BCUT2D eigenvalue weighted by atomic mass is 35.5. The van der Waals surface area contributed by atoms with E-state index in [0.29, 0.717) is 10.7 Å². The molecule has 0 heterocycles. The van der Waals surface area contributed by atoms with E-state index in [2.05, 4.69) is 0 Å². The van der Waals surface area contributed by atoms with Gasteiger partial charge in [0.1, 0.15) is 0 Å². The third kappa shape index (κ3) is 2.03. The van der Waals surface area contributed by atoms with Crippen molar-refractivity contribution in [1.29, 1.82) is 5.41 Å². The van der Waals surface area contributed by atoms with Crippen LogP contribution in [0.15, 0.2) is 24.3 Å². The lowest BCUT2D eigenvalue weighted by molar-refractivity contribution is 1.26. The lowest BCUT2D eigenvalue weighted by Crippen LogP contribution is -2.13. The average molecular weight is 169 g/mol. The Kier molecular flexibility index (Phi) is 2.63. The monoisotopic (exact) mass is 168 g/mol. The average Bonchev–Trinajstić information content (AvgIpc) is 2.03. The van der Waals surface area contributed by atoms with Gasteiger partial charge in [-0.2, -0.15) is 0 Å². The number of hydrogen-bond acceptors (Lipinski definition) is 2. The topological polar surface area (TPSA) is 49.9 Å². The third-order valence-electron chi connectivity index (χ3n) is 1.38. The molecule has 0 unspecified atom stereocenters. The summed E-state index contributed by atoms with van der Waals surface area (Å²) in [6, 6.07) is 7.13. The van der Waals surface area contributed by atoms with Crippen LogP contribution in [0.4, 0.5) is 0 Å². The summed E-state index contributed by atoms with van der Waals surface area (Å²) in [5.74, 6) is 0. The van der Waals surface area contributed by atoms with Crippen molar-refractivity contribution in [2.45, 2.75) is 0 Å². The fourth-order valence-electron chi connectivity index (χ4n) is 0.794. The van der Waals surface area contributed by atoms with Gasteiger partial charge in [-0.3, -0.25) is 0 Å². The van der Waals surface area contributed by atoms with Crippen molar-refractivity contribution >= 4 is 17.3 Å². The van der Waals surface area contributed by atoms with Gasteiger partial charge in [0.25, 0.3) is 0 Å². The molecule has 0 bridgehead atoms. The molecule has 0 amide bonds. The van der Waals surface area contributed by atoms with Crippen LogP contribution in [0.3, 0.4) is 0 Å². The number of nitrogens with two attached hydrogens (primary N) is 1. The van der Waals surface area contributed by atoms with Crippen molar-refractivity contribution in [3.63, 3.8) is 0 Å². The predicted molar refractivity (Wildman–Crippen MR) is 47.3 cm³/mol. The predicted octanol–water partition coefficient (Wildman–Crippen LogP) is 1.67. The van der Waals surface area contributed by atoms with Crippen LogP contribution >= 0.6 is 11.6 Å². The maximum absolute atomic E-state index is 7.39. The van der Waals surface area contributed by atoms with Gasteiger partial charge < -0.3 is 11.1 Å². The van der Waals surface area contributed by atoms with Gasteiger partial charge in [0.2, 0.25) is 0 Å². The maximum Gasteiger partial charge on any atom is 0.0522 e. The highest BCUT2D eigenvalue weighted by molar-refractivity contribution is 6.31. The number of nitrogens with one attached hydrogen (secondary N) is 1. The van der Waals surface area contributed by atoms with Gasteiger partial charge in [0, 0.05) is 11.6 Å². The molecule has 3 N–H and O–H groups in total. The van der Waals surface area contributed by atoms with E-state index >= 15 is 0 Å². The zero-order chi connectivity index (χ0) is 8.27. The molecule has 3 heteroatoms. The smallest absolute Gasteiger partial charge is 0.0522 e. The summed E-state index contributed by atoms with van der Waals surface area (Å²) in [5, 5.41) is 8.03. The van der Waals surface area contributed by atoms with Crippen LogP contribution in [-0.2, 0) is 0 Å². The minimum absolute atomic E-state index is 0.250. The van der Waals surface area contributed by atoms with E-state index in [1.807, 2.05) is 12.1 Å². The molecule has 0 saturated carbocycles. The first-order valence-electron chi connectivity index (χ1n) is 3.27. The number of hydrogen-bond donors (Lipinski definition) is 2. The molecule has 11 heavy (non-hydrogen) atoms. The quantitative estimate of drug-likeness (QED) is 0.649. The standard InChI is InChI=1S/C8H9ClN2/c9-7-3-1-2-6(4-7)8(11)5-10/h1-4,11H,5,10H2. The lowest BCUT2D eigenvalue weighted by atomic mass is 10.1. The van der Waals surface area contributed by atoms with Crippen LogP contribution in [0.25, 0.3) is 0 Å². The van der Waals surface area contributed by atoms with Crippen LogP contribution in [0.2, 0.25) is 5.02 Å². The van der Waals surface area contributed by atoms with Crippen LogP contribution in [0.1, 0.15) is 5.56 Å². The zero-order valence-electron chi connectivity index (χ0n) is 5.97. The molecule has 0 atom stereocenters. The van der Waals surface area contributed by atoms with Gasteiger partial charge in [-0.1, -0.05) is 23.7 Å². The molecule has 0 spiro atoms. The molecule has 2 nitrogen and oxygen atoms in total. The van der Waals surface area contributed by atoms with E-state index in [4.69, 9.17) is 22.7 Å². The summed E-state index contributed by atoms with van der Waals surface area (Å²) in [6.45, 7) is 0.250. The van der Waals surface area contributed by atoms with Crippen molar-refractivity contribution in [3.8, 4) is 0 Å². The van der Waals surface area contributed by atoms with Gasteiger partial charge in [-0.25, -0.2) is 0 Å². The van der Waals surface area contributed by atoms with Crippen LogP contribution in [0, 0.1) is 5.41 Å². The summed E-state index contributed by atoms with van der Waals surface area (Å²) >= 11 is 5.71. The molecule has 58 valence electrons. The first-order chi connectivity index (χ1) is 5.24. The Bertz CT molecular complexity index is 271. The molecule has 0 aliphatic carbocycles. The largest absolute Gasteiger partial charge is 0.325 e. The molecule has 1 aromatic rings. The molecule has 1 aromatic carbocycles. The Morgan fingerprint density at radius 3 is 2.82 bits per heavy atom. The Hall–Kier alpha value is -0.860. The number of halogens is 1. The van der Waals surface area contributed by atoms with Crippen molar-refractivity contribution < 1.29 is 0 Å². The molecule has 1 rings (SSSR count). The van der Waals surface area contributed by atoms with E-state index in [-0.39, 0.29) is 6.54 Å². The van der Waals surface area contributed by atoms with Crippen LogP contribution < -0.4 is 5.73 Å².